The van der Waals surface area contributed by atoms with Crippen LogP contribution in [0.15, 0.2) is 49.2 Å². The van der Waals surface area contributed by atoms with Crippen molar-refractivity contribution in [2.24, 2.45) is 0 Å². The van der Waals surface area contributed by atoms with Gasteiger partial charge in [-0.25, -0.2) is 4.98 Å². The number of benzene rings is 1. The van der Waals surface area contributed by atoms with Gasteiger partial charge in [0.15, 0.2) is 0 Å². The molecule has 1 N–H and O–H groups in total. The van der Waals surface area contributed by atoms with Crippen LogP contribution in [0.1, 0.15) is 0 Å². The first-order valence-corrected chi connectivity index (χ1v) is 7.02. The Bertz CT molecular complexity index is 522. The molecule has 2 aromatic rings. The molecular weight excluding hydrogens is 352 g/mol. The normalized spacial score (nSPS) is 12.6. The summed E-state index contributed by atoms with van der Waals surface area (Å²) in [6.07, 6.45) is 1.80. The maximum atomic E-state index is 4.35. The van der Waals surface area contributed by atoms with Gasteiger partial charge in [-0.1, -0.05) is 27.7 Å². The lowest BCUT2D eigenvalue weighted by molar-refractivity contribution is 1.18. The summed E-state index contributed by atoms with van der Waals surface area (Å²) in [5, 5.41) is 3.32. The maximum absolute atomic E-state index is 4.35. The quantitative estimate of drug-likeness (QED) is 0.624. The third kappa shape index (κ3) is 1.87. The molecule has 1 aromatic carbocycles. The first kappa shape index (κ1) is 10.6. The predicted octanol–water partition coefficient (Wildman–Crippen LogP) is 4.81. The van der Waals surface area contributed by atoms with Gasteiger partial charge in [-0.15, -0.1) is 0 Å². The molecule has 16 heavy (non-hydrogen) atoms. The predicted molar refractivity (Wildman–Crippen MR) is 73.5 cm³/mol. The molecule has 0 radical (unpaired) electrons. The fourth-order valence-electron chi connectivity index (χ4n) is 1.52. The van der Waals surface area contributed by atoms with Gasteiger partial charge in [-0.05, 0) is 40.2 Å². The number of hydrogen-bond acceptors (Lipinski definition) is 3. The lowest BCUT2D eigenvalue weighted by Gasteiger charge is -2.19. The van der Waals surface area contributed by atoms with Gasteiger partial charge < -0.3 is 5.32 Å². The first-order chi connectivity index (χ1) is 7.72. The summed E-state index contributed by atoms with van der Waals surface area (Å²) in [4.78, 5) is 6.70. The van der Waals surface area contributed by atoms with E-state index in [0.29, 0.717) is 0 Å². The van der Waals surface area contributed by atoms with E-state index in [1.165, 1.54) is 4.90 Å². The largest absolute Gasteiger partial charge is 0.338 e. The topological polar surface area (TPSA) is 24.9 Å². The van der Waals surface area contributed by atoms with Gasteiger partial charge in [0, 0.05) is 20.0 Å². The van der Waals surface area contributed by atoms with Crippen LogP contribution in [0.4, 0.5) is 11.5 Å². The van der Waals surface area contributed by atoms with Gasteiger partial charge in [0.2, 0.25) is 0 Å². The van der Waals surface area contributed by atoms with Crippen molar-refractivity contribution in [3.8, 4) is 0 Å². The van der Waals surface area contributed by atoms with E-state index >= 15 is 0 Å². The molecule has 2 nitrogen and oxygen atoms in total. The number of hydrogen-bond donors (Lipinski definition) is 1. The summed E-state index contributed by atoms with van der Waals surface area (Å²) >= 11 is 8.64. The lowest BCUT2D eigenvalue weighted by atomic mass is 10.3. The zero-order valence-electron chi connectivity index (χ0n) is 8.00. The van der Waals surface area contributed by atoms with Gasteiger partial charge in [0.05, 0.1) is 10.6 Å². The molecule has 1 aromatic heterocycles. The minimum absolute atomic E-state index is 0.919. The number of nitrogens with one attached hydrogen (secondary N) is 1. The molecule has 80 valence electrons. The van der Waals surface area contributed by atoms with Crippen LogP contribution >= 0.6 is 43.6 Å². The van der Waals surface area contributed by atoms with Crippen LogP contribution in [0.3, 0.4) is 0 Å². The molecule has 0 atom stereocenters. The molecule has 0 unspecified atom stereocenters. The zero-order chi connectivity index (χ0) is 11.1. The lowest BCUT2D eigenvalue weighted by Crippen LogP contribution is -2.01. The number of rotatable bonds is 0. The molecule has 3 rings (SSSR count). The monoisotopic (exact) mass is 356 g/mol. The van der Waals surface area contributed by atoms with Crippen molar-refractivity contribution in [1.29, 1.82) is 0 Å². The van der Waals surface area contributed by atoms with E-state index in [1.807, 2.05) is 6.07 Å². The van der Waals surface area contributed by atoms with Crippen LogP contribution in [0.25, 0.3) is 0 Å². The number of pyridine rings is 1. The molecular formula is C11H6Br2N2S. The van der Waals surface area contributed by atoms with E-state index in [4.69, 9.17) is 0 Å². The van der Waals surface area contributed by atoms with Crippen molar-refractivity contribution in [1.82, 2.24) is 4.98 Å². The van der Waals surface area contributed by atoms with Crippen LogP contribution < -0.4 is 5.32 Å². The third-order valence-electron chi connectivity index (χ3n) is 2.24. The maximum Gasteiger partial charge on any atom is 0.144 e. The van der Waals surface area contributed by atoms with Crippen molar-refractivity contribution >= 4 is 55.1 Å². The minimum atomic E-state index is 0.919. The Hall–Kier alpha value is -0.520. The summed E-state index contributed by atoms with van der Waals surface area (Å²) in [6.45, 7) is 0. The molecule has 1 aliphatic heterocycles. The van der Waals surface area contributed by atoms with E-state index in [2.05, 4.69) is 60.4 Å². The van der Waals surface area contributed by atoms with Crippen LogP contribution in [0.2, 0.25) is 0 Å². The van der Waals surface area contributed by atoms with Crippen LogP contribution in [0, 0.1) is 0 Å². The fraction of sp³-hybridized carbons (Fsp3) is 0. The Kier molecular flexibility index (Phi) is 2.69. The Morgan fingerprint density at radius 3 is 2.75 bits per heavy atom. The third-order valence-corrected chi connectivity index (χ3v) is 4.25. The first-order valence-electron chi connectivity index (χ1n) is 4.62. The highest BCUT2D eigenvalue weighted by atomic mass is 79.9. The molecule has 0 fully saturated rings. The number of anilines is 2. The number of nitrogens with zero attached hydrogens (tertiary/aromatic N) is 1. The average molecular weight is 358 g/mol. The van der Waals surface area contributed by atoms with Crippen molar-refractivity contribution in [3.63, 3.8) is 0 Å². The molecule has 5 heteroatoms. The van der Waals surface area contributed by atoms with Crippen molar-refractivity contribution < 1.29 is 0 Å². The van der Waals surface area contributed by atoms with Crippen LogP contribution in [0.5, 0.6) is 0 Å². The molecule has 0 aliphatic carbocycles. The van der Waals surface area contributed by atoms with E-state index < -0.39 is 0 Å². The molecule has 1 aliphatic rings. The van der Waals surface area contributed by atoms with Crippen molar-refractivity contribution in [2.75, 3.05) is 5.32 Å². The SMILES string of the molecule is Brc1ccc2c(c1)Sc1cc(Br)cnc1N2. The summed E-state index contributed by atoms with van der Waals surface area (Å²) in [6, 6.07) is 8.26. The van der Waals surface area contributed by atoms with Crippen molar-refractivity contribution in [3.05, 3.63) is 39.4 Å². The summed E-state index contributed by atoms with van der Waals surface area (Å²) < 4.78 is 2.09. The molecule has 0 bridgehead atoms. The molecule has 0 amide bonds. The Morgan fingerprint density at radius 2 is 1.88 bits per heavy atom. The summed E-state index contributed by atoms with van der Waals surface area (Å²) in [5.41, 5.74) is 1.11. The Balaban J connectivity index is 2.10. The smallest absolute Gasteiger partial charge is 0.144 e. The van der Waals surface area contributed by atoms with Gasteiger partial charge in [0.25, 0.3) is 0 Å². The van der Waals surface area contributed by atoms with E-state index in [1.54, 1.807) is 18.0 Å². The Labute approximate surface area is 114 Å². The highest BCUT2D eigenvalue weighted by Gasteiger charge is 2.16. The highest BCUT2D eigenvalue weighted by molar-refractivity contribution is 9.10. The second kappa shape index (κ2) is 4.05. The fourth-order valence-corrected chi connectivity index (χ4v) is 3.56. The highest BCUT2D eigenvalue weighted by Crippen LogP contribution is 2.44. The summed E-state index contributed by atoms with van der Waals surface area (Å²) in [7, 11) is 0. The van der Waals surface area contributed by atoms with Gasteiger partial charge in [0.1, 0.15) is 5.82 Å². The number of halogens is 2. The second-order valence-corrected chi connectivity index (χ2v) is 6.28. The van der Waals surface area contributed by atoms with E-state index in [9.17, 15) is 0 Å². The number of aromatic nitrogens is 1. The second-order valence-electron chi connectivity index (χ2n) is 3.37. The van der Waals surface area contributed by atoms with Gasteiger partial charge >= 0.3 is 0 Å². The van der Waals surface area contributed by atoms with Gasteiger partial charge in [-0.3, -0.25) is 0 Å². The number of fused-ring (bicyclic) bond motifs is 2. The molecule has 0 saturated carbocycles. The zero-order valence-corrected chi connectivity index (χ0v) is 12.0. The van der Waals surface area contributed by atoms with Gasteiger partial charge in [-0.2, -0.15) is 0 Å². The standard InChI is InChI=1S/C11H6Br2N2S/c12-6-1-2-8-9(3-6)16-10-4-7(13)5-14-11(10)15-8/h1-5H,(H,14,15). The van der Waals surface area contributed by atoms with E-state index in [0.717, 1.165) is 25.3 Å². The Morgan fingerprint density at radius 1 is 1.06 bits per heavy atom. The molecule has 0 spiro atoms. The summed E-state index contributed by atoms with van der Waals surface area (Å²) in [5.74, 6) is 0.919. The van der Waals surface area contributed by atoms with E-state index in [-0.39, 0.29) is 0 Å². The van der Waals surface area contributed by atoms with Crippen molar-refractivity contribution in [2.45, 2.75) is 9.79 Å². The molecule has 0 saturated heterocycles. The molecule has 2 heterocycles. The minimum Gasteiger partial charge on any atom is -0.338 e. The van der Waals surface area contributed by atoms with Crippen LogP contribution in [-0.2, 0) is 0 Å². The average Bonchev–Trinajstić information content (AvgIpc) is 2.26. The van der Waals surface area contributed by atoms with Crippen LogP contribution in [-0.4, -0.2) is 4.98 Å².